The first-order valence-electron chi connectivity index (χ1n) is 9.07. The van der Waals surface area contributed by atoms with E-state index in [1.54, 1.807) is 30.3 Å². The van der Waals surface area contributed by atoms with Gasteiger partial charge < -0.3 is 24.5 Å². The van der Waals surface area contributed by atoms with Crippen molar-refractivity contribution in [2.24, 2.45) is 0 Å². The average molecular weight is 386 g/mol. The van der Waals surface area contributed by atoms with Crippen molar-refractivity contribution in [3.8, 4) is 11.5 Å². The molecule has 28 heavy (non-hydrogen) atoms. The number of rotatable bonds is 9. The van der Waals surface area contributed by atoms with Crippen molar-refractivity contribution >= 4 is 17.9 Å². The molecule has 7 nitrogen and oxygen atoms in total. The first-order chi connectivity index (χ1) is 13.5. The molecule has 1 heterocycles. The van der Waals surface area contributed by atoms with Crippen molar-refractivity contribution in [3.63, 3.8) is 0 Å². The van der Waals surface area contributed by atoms with Crippen LogP contribution in [0.3, 0.4) is 0 Å². The minimum absolute atomic E-state index is 0.0181. The highest BCUT2D eigenvalue weighted by atomic mass is 16.5. The van der Waals surface area contributed by atoms with Gasteiger partial charge in [0.15, 0.2) is 11.5 Å². The second-order valence-corrected chi connectivity index (χ2v) is 6.26. The lowest BCUT2D eigenvalue weighted by Crippen LogP contribution is -2.39. The number of amides is 2. The lowest BCUT2D eigenvalue weighted by atomic mass is 10.1. The monoisotopic (exact) mass is 386 g/mol. The topological polar surface area (TPSA) is 89.8 Å². The second-order valence-electron chi connectivity index (χ2n) is 6.26. The third kappa shape index (κ3) is 5.64. The van der Waals surface area contributed by atoms with Crippen molar-refractivity contribution in [2.45, 2.75) is 32.7 Å². The summed E-state index contributed by atoms with van der Waals surface area (Å²) in [7, 11) is 3.01. The molecule has 0 aliphatic heterocycles. The van der Waals surface area contributed by atoms with Gasteiger partial charge in [-0.25, -0.2) is 0 Å². The van der Waals surface area contributed by atoms with Gasteiger partial charge >= 0.3 is 0 Å². The zero-order chi connectivity index (χ0) is 20.5. The average Bonchev–Trinajstić information content (AvgIpc) is 3.20. The minimum atomic E-state index is -0.447. The van der Waals surface area contributed by atoms with E-state index < -0.39 is 5.91 Å². The molecule has 2 N–H and O–H groups in total. The molecule has 1 aromatic carbocycles. The fourth-order valence-corrected chi connectivity index (χ4v) is 2.65. The van der Waals surface area contributed by atoms with Crippen LogP contribution in [-0.4, -0.2) is 32.1 Å². The number of furan rings is 1. The van der Waals surface area contributed by atoms with E-state index in [1.807, 2.05) is 13.8 Å². The second kappa shape index (κ2) is 10.2. The standard InChI is InChI=1S/C21H26N2O5/c1-5-7-14(2)22-21(25)17(13-16-8-6-11-28-16)23-20(24)15-9-10-18(26-3)19(12-15)27-4/h6,8-14H,5,7H2,1-4H3,(H,22,25)(H,23,24)/b17-13-/t14-/m0/s1. The summed E-state index contributed by atoms with van der Waals surface area (Å²) in [5.74, 6) is 0.563. The molecule has 0 spiro atoms. The van der Waals surface area contributed by atoms with Gasteiger partial charge in [-0.2, -0.15) is 0 Å². The molecule has 1 aromatic heterocycles. The molecule has 0 radical (unpaired) electrons. The molecule has 1 atom stereocenters. The van der Waals surface area contributed by atoms with E-state index in [4.69, 9.17) is 13.9 Å². The number of ether oxygens (including phenoxy) is 2. The maximum atomic E-state index is 12.7. The van der Waals surface area contributed by atoms with Crippen LogP contribution in [0.15, 0.2) is 46.7 Å². The third-order valence-electron chi connectivity index (χ3n) is 4.07. The van der Waals surface area contributed by atoms with Crippen molar-refractivity contribution in [1.82, 2.24) is 10.6 Å². The van der Waals surface area contributed by atoms with Crippen LogP contribution in [0.1, 0.15) is 42.8 Å². The number of nitrogens with one attached hydrogen (secondary N) is 2. The Morgan fingerprint density at radius 3 is 2.54 bits per heavy atom. The summed E-state index contributed by atoms with van der Waals surface area (Å²) in [6, 6.07) is 8.17. The van der Waals surface area contributed by atoms with Gasteiger partial charge in [-0.05, 0) is 43.7 Å². The Labute approximate surface area is 164 Å². The van der Waals surface area contributed by atoms with Crippen LogP contribution < -0.4 is 20.1 Å². The van der Waals surface area contributed by atoms with Crippen molar-refractivity contribution in [1.29, 1.82) is 0 Å². The van der Waals surface area contributed by atoms with Gasteiger partial charge in [0, 0.05) is 17.7 Å². The molecule has 150 valence electrons. The van der Waals surface area contributed by atoms with Crippen LogP contribution in [0.5, 0.6) is 11.5 Å². The summed E-state index contributed by atoms with van der Waals surface area (Å²) in [5.41, 5.74) is 0.426. The largest absolute Gasteiger partial charge is 0.493 e. The lowest BCUT2D eigenvalue weighted by Gasteiger charge is -2.16. The number of hydrogen-bond donors (Lipinski definition) is 2. The first kappa shape index (κ1) is 21.1. The maximum absolute atomic E-state index is 12.7. The van der Waals surface area contributed by atoms with E-state index in [9.17, 15) is 9.59 Å². The quantitative estimate of drug-likeness (QED) is 0.645. The van der Waals surface area contributed by atoms with Gasteiger partial charge in [-0.3, -0.25) is 9.59 Å². The Morgan fingerprint density at radius 2 is 1.93 bits per heavy atom. The summed E-state index contributed by atoms with van der Waals surface area (Å²) in [5, 5.41) is 5.54. The summed E-state index contributed by atoms with van der Waals surface area (Å²) in [4.78, 5) is 25.4. The van der Waals surface area contributed by atoms with E-state index >= 15 is 0 Å². The number of carbonyl (C=O) groups is 2. The number of methoxy groups -OCH3 is 2. The highest BCUT2D eigenvalue weighted by Crippen LogP contribution is 2.27. The molecule has 0 aliphatic carbocycles. The Bertz CT molecular complexity index is 827. The Kier molecular flexibility index (Phi) is 7.68. The fraction of sp³-hybridized carbons (Fsp3) is 0.333. The zero-order valence-corrected chi connectivity index (χ0v) is 16.6. The molecule has 0 saturated carbocycles. The predicted octanol–water partition coefficient (Wildman–Crippen LogP) is 3.37. The minimum Gasteiger partial charge on any atom is -0.493 e. The molecule has 0 bridgehead atoms. The van der Waals surface area contributed by atoms with E-state index in [0.717, 1.165) is 12.8 Å². The van der Waals surface area contributed by atoms with Crippen molar-refractivity contribution in [3.05, 3.63) is 53.6 Å². The van der Waals surface area contributed by atoms with E-state index in [0.29, 0.717) is 22.8 Å². The number of benzene rings is 1. The highest BCUT2D eigenvalue weighted by molar-refractivity contribution is 6.05. The van der Waals surface area contributed by atoms with E-state index in [1.165, 1.54) is 26.6 Å². The van der Waals surface area contributed by atoms with Crippen LogP contribution in [-0.2, 0) is 4.79 Å². The third-order valence-corrected chi connectivity index (χ3v) is 4.07. The van der Waals surface area contributed by atoms with E-state index in [2.05, 4.69) is 10.6 Å². The molecule has 0 aliphatic rings. The molecule has 2 amide bonds. The van der Waals surface area contributed by atoms with Gasteiger partial charge in [-0.1, -0.05) is 13.3 Å². The summed E-state index contributed by atoms with van der Waals surface area (Å²) >= 11 is 0. The smallest absolute Gasteiger partial charge is 0.268 e. The number of hydrogen-bond acceptors (Lipinski definition) is 5. The van der Waals surface area contributed by atoms with Gasteiger partial charge in [0.05, 0.1) is 20.5 Å². The van der Waals surface area contributed by atoms with Crippen LogP contribution in [0, 0.1) is 0 Å². The molecule has 7 heteroatoms. The highest BCUT2D eigenvalue weighted by Gasteiger charge is 2.18. The Hall–Kier alpha value is -3.22. The maximum Gasteiger partial charge on any atom is 0.268 e. The first-order valence-corrected chi connectivity index (χ1v) is 9.07. The molecule has 0 unspecified atom stereocenters. The van der Waals surface area contributed by atoms with Crippen LogP contribution in [0.25, 0.3) is 6.08 Å². The van der Waals surface area contributed by atoms with Crippen LogP contribution >= 0.6 is 0 Å². The fourth-order valence-electron chi connectivity index (χ4n) is 2.65. The van der Waals surface area contributed by atoms with Crippen molar-refractivity contribution in [2.75, 3.05) is 14.2 Å². The molecule has 2 aromatic rings. The van der Waals surface area contributed by atoms with Gasteiger partial charge in [-0.15, -0.1) is 0 Å². The SMILES string of the molecule is CCC[C@H](C)NC(=O)/C(=C/c1ccco1)NC(=O)c1ccc(OC)c(OC)c1. The molecule has 0 fully saturated rings. The normalized spacial score (nSPS) is 12.2. The predicted molar refractivity (Wildman–Crippen MR) is 106 cm³/mol. The van der Waals surface area contributed by atoms with Crippen LogP contribution in [0.4, 0.5) is 0 Å². The lowest BCUT2D eigenvalue weighted by molar-refractivity contribution is -0.118. The molecule has 0 saturated heterocycles. The summed E-state index contributed by atoms with van der Waals surface area (Å²) in [6.07, 6.45) is 4.77. The molecule has 2 rings (SSSR count). The Morgan fingerprint density at radius 1 is 1.18 bits per heavy atom. The van der Waals surface area contributed by atoms with Gasteiger partial charge in [0.2, 0.25) is 0 Å². The molecular weight excluding hydrogens is 360 g/mol. The zero-order valence-electron chi connectivity index (χ0n) is 16.6. The van der Waals surface area contributed by atoms with Crippen LogP contribution in [0.2, 0.25) is 0 Å². The van der Waals surface area contributed by atoms with E-state index in [-0.39, 0.29) is 17.6 Å². The summed E-state index contributed by atoms with van der Waals surface area (Å²) < 4.78 is 15.7. The number of carbonyl (C=O) groups excluding carboxylic acids is 2. The molecular formula is C21H26N2O5. The van der Waals surface area contributed by atoms with Gasteiger partial charge in [0.1, 0.15) is 11.5 Å². The Balaban J connectivity index is 2.24. The summed E-state index contributed by atoms with van der Waals surface area (Å²) in [6.45, 7) is 3.96. The van der Waals surface area contributed by atoms with Gasteiger partial charge in [0.25, 0.3) is 11.8 Å². The van der Waals surface area contributed by atoms with Crippen molar-refractivity contribution < 1.29 is 23.5 Å².